The number of nitrogens with zero attached hydrogens (tertiary/aromatic N) is 2. The molecule has 0 saturated carbocycles. The summed E-state index contributed by atoms with van der Waals surface area (Å²) in [6.07, 6.45) is 0. The van der Waals surface area contributed by atoms with Crippen LogP contribution in [-0.2, 0) is 6.54 Å². The van der Waals surface area contributed by atoms with Gasteiger partial charge >= 0.3 is 4.87 Å². The maximum absolute atomic E-state index is 11.6. The Kier molecular flexibility index (Phi) is 3.05. The van der Waals surface area contributed by atoms with Gasteiger partial charge in [0.05, 0.1) is 6.54 Å². The SMILES string of the molecule is Cc1csc(=O)n1Cc1cc(-c2ccccc2)on1. The third kappa shape index (κ3) is 2.37. The topological polar surface area (TPSA) is 48.0 Å². The van der Waals surface area contributed by atoms with Crippen molar-refractivity contribution in [2.75, 3.05) is 0 Å². The maximum atomic E-state index is 11.6. The molecule has 0 aliphatic rings. The van der Waals surface area contributed by atoms with Gasteiger partial charge in [-0.15, -0.1) is 0 Å². The summed E-state index contributed by atoms with van der Waals surface area (Å²) in [5.41, 5.74) is 2.68. The smallest absolute Gasteiger partial charge is 0.307 e. The summed E-state index contributed by atoms with van der Waals surface area (Å²) in [6, 6.07) is 11.7. The molecule has 0 unspecified atom stereocenters. The van der Waals surface area contributed by atoms with E-state index < -0.39 is 0 Å². The number of thiazole rings is 1. The average Bonchev–Trinajstić information content (AvgIpc) is 3.02. The first-order valence-corrected chi connectivity index (χ1v) is 6.78. The average molecular weight is 272 g/mol. The molecule has 0 aliphatic carbocycles. The van der Waals surface area contributed by atoms with Gasteiger partial charge in [-0.2, -0.15) is 0 Å². The normalized spacial score (nSPS) is 10.8. The van der Waals surface area contributed by atoms with Gasteiger partial charge in [0.1, 0.15) is 5.69 Å². The van der Waals surface area contributed by atoms with Gasteiger partial charge in [-0.25, -0.2) is 0 Å². The number of hydrogen-bond donors (Lipinski definition) is 0. The van der Waals surface area contributed by atoms with Crippen LogP contribution >= 0.6 is 11.3 Å². The van der Waals surface area contributed by atoms with Gasteiger partial charge < -0.3 is 4.52 Å². The molecule has 3 rings (SSSR count). The molecule has 0 fully saturated rings. The predicted octanol–water partition coefficient (Wildman–Crippen LogP) is 2.92. The molecule has 19 heavy (non-hydrogen) atoms. The second-order valence-corrected chi connectivity index (χ2v) is 5.10. The van der Waals surface area contributed by atoms with Gasteiger partial charge in [0, 0.05) is 22.7 Å². The molecule has 0 saturated heterocycles. The number of hydrogen-bond acceptors (Lipinski definition) is 4. The van der Waals surface area contributed by atoms with Crippen molar-refractivity contribution < 1.29 is 4.52 Å². The Balaban J connectivity index is 1.89. The summed E-state index contributed by atoms with van der Waals surface area (Å²) in [5, 5.41) is 5.87. The van der Waals surface area contributed by atoms with Crippen molar-refractivity contribution >= 4 is 11.3 Å². The van der Waals surface area contributed by atoms with E-state index in [2.05, 4.69) is 5.16 Å². The van der Waals surface area contributed by atoms with Crippen molar-refractivity contribution in [3.63, 3.8) is 0 Å². The second kappa shape index (κ2) is 4.85. The number of aromatic nitrogens is 2. The van der Waals surface area contributed by atoms with Gasteiger partial charge in [0.2, 0.25) is 0 Å². The predicted molar refractivity (Wildman–Crippen MR) is 74.4 cm³/mol. The Hall–Kier alpha value is -2.14. The van der Waals surface area contributed by atoms with Crippen LogP contribution < -0.4 is 4.87 Å². The first-order valence-electron chi connectivity index (χ1n) is 5.90. The van der Waals surface area contributed by atoms with E-state index in [-0.39, 0.29) is 4.87 Å². The van der Waals surface area contributed by atoms with E-state index in [1.807, 2.05) is 48.7 Å². The lowest BCUT2D eigenvalue weighted by Crippen LogP contribution is -2.15. The molecule has 0 radical (unpaired) electrons. The summed E-state index contributed by atoms with van der Waals surface area (Å²) in [6.45, 7) is 2.36. The zero-order chi connectivity index (χ0) is 13.2. The fourth-order valence-electron chi connectivity index (χ4n) is 1.88. The molecule has 0 N–H and O–H groups in total. The van der Waals surface area contributed by atoms with Gasteiger partial charge in [0.15, 0.2) is 5.76 Å². The zero-order valence-corrected chi connectivity index (χ0v) is 11.2. The Morgan fingerprint density at radius 1 is 1.32 bits per heavy atom. The van der Waals surface area contributed by atoms with Crippen molar-refractivity contribution in [3.8, 4) is 11.3 Å². The minimum Gasteiger partial charge on any atom is -0.356 e. The van der Waals surface area contributed by atoms with Crippen molar-refractivity contribution in [3.05, 3.63) is 62.8 Å². The fraction of sp³-hybridized carbons (Fsp3) is 0.143. The molecule has 0 spiro atoms. The summed E-state index contributed by atoms with van der Waals surface area (Å²) < 4.78 is 7.01. The van der Waals surface area contributed by atoms with E-state index in [0.29, 0.717) is 6.54 Å². The summed E-state index contributed by atoms with van der Waals surface area (Å²) in [5.74, 6) is 0.719. The van der Waals surface area contributed by atoms with E-state index >= 15 is 0 Å². The monoisotopic (exact) mass is 272 g/mol. The molecule has 1 aromatic carbocycles. The third-order valence-electron chi connectivity index (χ3n) is 2.91. The molecular weight excluding hydrogens is 260 g/mol. The minimum atomic E-state index is 0.0294. The van der Waals surface area contributed by atoms with Gasteiger partial charge in [-0.1, -0.05) is 46.8 Å². The van der Waals surface area contributed by atoms with Crippen LogP contribution in [0.5, 0.6) is 0 Å². The van der Waals surface area contributed by atoms with Crippen LogP contribution in [0.1, 0.15) is 11.4 Å². The third-order valence-corrected chi connectivity index (χ3v) is 3.79. The summed E-state index contributed by atoms with van der Waals surface area (Å²) in [4.78, 5) is 11.7. The Morgan fingerprint density at radius 3 is 2.79 bits per heavy atom. The number of benzene rings is 1. The highest BCUT2D eigenvalue weighted by Crippen LogP contribution is 2.20. The molecule has 3 aromatic rings. The zero-order valence-electron chi connectivity index (χ0n) is 10.4. The highest BCUT2D eigenvalue weighted by molar-refractivity contribution is 7.07. The second-order valence-electron chi connectivity index (χ2n) is 4.28. The van der Waals surface area contributed by atoms with Gasteiger partial charge in [-0.05, 0) is 6.92 Å². The van der Waals surface area contributed by atoms with E-state index in [4.69, 9.17) is 4.52 Å². The minimum absolute atomic E-state index is 0.0294. The molecule has 0 atom stereocenters. The molecule has 2 heterocycles. The summed E-state index contributed by atoms with van der Waals surface area (Å²) in [7, 11) is 0. The Bertz CT molecular complexity index is 740. The maximum Gasteiger partial charge on any atom is 0.307 e. The van der Waals surface area contributed by atoms with Crippen molar-refractivity contribution in [1.29, 1.82) is 0 Å². The molecule has 2 aromatic heterocycles. The largest absolute Gasteiger partial charge is 0.356 e. The molecule has 0 aliphatic heterocycles. The molecule has 5 heteroatoms. The lowest BCUT2D eigenvalue weighted by molar-refractivity contribution is 0.421. The van der Waals surface area contributed by atoms with Crippen LogP contribution in [0.3, 0.4) is 0 Å². The molecule has 96 valence electrons. The van der Waals surface area contributed by atoms with Crippen LogP contribution in [-0.4, -0.2) is 9.72 Å². The fourth-order valence-corrected chi connectivity index (χ4v) is 2.62. The quantitative estimate of drug-likeness (QED) is 0.736. The lowest BCUT2D eigenvalue weighted by Gasteiger charge is -1.99. The number of rotatable bonds is 3. The highest BCUT2D eigenvalue weighted by Gasteiger charge is 2.09. The van der Waals surface area contributed by atoms with Crippen LogP contribution in [0.25, 0.3) is 11.3 Å². The van der Waals surface area contributed by atoms with Crippen molar-refractivity contribution in [2.24, 2.45) is 0 Å². The standard InChI is InChI=1S/C14H12N2O2S/c1-10-9-19-14(17)16(10)8-12-7-13(18-15-12)11-5-3-2-4-6-11/h2-7,9H,8H2,1H3. The number of aryl methyl sites for hydroxylation is 1. The van der Waals surface area contributed by atoms with E-state index in [0.717, 1.165) is 22.7 Å². The van der Waals surface area contributed by atoms with Crippen LogP contribution in [0.2, 0.25) is 0 Å². The molecular formula is C14H12N2O2S. The summed E-state index contributed by atoms with van der Waals surface area (Å²) >= 11 is 1.20. The van der Waals surface area contributed by atoms with E-state index in [1.54, 1.807) is 4.57 Å². The highest BCUT2D eigenvalue weighted by atomic mass is 32.1. The van der Waals surface area contributed by atoms with E-state index in [9.17, 15) is 4.79 Å². The first-order chi connectivity index (χ1) is 9.24. The van der Waals surface area contributed by atoms with Crippen molar-refractivity contribution in [2.45, 2.75) is 13.5 Å². The van der Waals surface area contributed by atoms with Gasteiger partial charge in [0.25, 0.3) is 0 Å². The van der Waals surface area contributed by atoms with Crippen LogP contribution in [0.4, 0.5) is 0 Å². The van der Waals surface area contributed by atoms with Crippen LogP contribution in [0.15, 0.2) is 51.1 Å². The molecule has 4 nitrogen and oxygen atoms in total. The Morgan fingerprint density at radius 2 is 2.11 bits per heavy atom. The van der Waals surface area contributed by atoms with Crippen molar-refractivity contribution in [1.82, 2.24) is 9.72 Å². The molecule has 0 amide bonds. The lowest BCUT2D eigenvalue weighted by atomic mass is 10.2. The first kappa shape index (κ1) is 11.9. The molecule has 0 bridgehead atoms. The van der Waals surface area contributed by atoms with Crippen LogP contribution in [0, 0.1) is 6.92 Å². The Labute approximate surface area is 113 Å². The van der Waals surface area contributed by atoms with Gasteiger partial charge in [-0.3, -0.25) is 9.36 Å². The van der Waals surface area contributed by atoms with E-state index in [1.165, 1.54) is 11.3 Å².